The van der Waals surface area contributed by atoms with Crippen molar-refractivity contribution in [1.29, 1.82) is 5.26 Å². The summed E-state index contributed by atoms with van der Waals surface area (Å²) in [6.45, 7) is 2.44. The molecule has 0 atom stereocenters. The number of aliphatic hydroxyl groups is 1. The number of sulfonamides is 1. The fourth-order valence-electron chi connectivity index (χ4n) is 2.26. The van der Waals surface area contributed by atoms with Gasteiger partial charge in [-0.3, -0.25) is 0 Å². The number of hydrogen-bond donors (Lipinski definition) is 2. The van der Waals surface area contributed by atoms with Crippen molar-refractivity contribution in [1.82, 2.24) is 4.72 Å². The summed E-state index contributed by atoms with van der Waals surface area (Å²) in [5.41, 5.74) is -0.152. The van der Waals surface area contributed by atoms with Crippen LogP contribution in [-0.2, 0) is 14.8 Å². The number of nitrogens with one attached hydrogen (secondary N) is 1. The number of nitriles is 1. The first kappa shape index (κ1) is 15.9. The van der Waals surface area contributed by atoms with Crippen molar-refractivity contribution in [3.8, 4) is 6.07 Å². The van der Waals surface area contributed by atoms with Crippen LogP contribution in [0.3, 0.4) is 0 Å². The van der Waals surface area contributed by atoms with E-state index < -0.39 is 15.6 Å². The molecule has 1 fully saturated rings. The molecule has 1 aliphatic rings. The molecule has 0 bridgehead atoms. The third-order valence-electron chi connectivity index (χ3n) is 3.61. The van der Waals surface area contributed by atoms with Crippen molar-refractivity contribution in [3.63, 3.8) is 0 Å². The third kappa shape index (κ3) is 3.80. The van der Waals surface area contributed by atoms with Crippen LogP contribution in [0, 0.1) is 18.3 Å². The molecule has 0 spiro atoms. The van der Waals surface area contributed by atoms with Crippen molar-refractivity contribution in [2.75, 3.05) is 19.8 Å². The molecule has 0 aliphatic carbocycles. The van der Waals surface area contributed by atoms with E-state index in [-0.39, 0.29) is 11.4 Å². The molecule has 0 aromatic heterocycles. The molecule has 1 aromatic rings. The smallest absolute Gasteiger partial charge is 0.240 e. The number of nitrogens with zero attached hydrogens (tertiary/aromatic N) is 1. The zero-order valence-corrected chi connectivity index (χ0v) is 12.6. The highest BCUT2D eigenvalue weighted by molar-refractivity contribution is 7.89. The van der Waals surface area contributed by atoms with Crippen LogP contribution in [-0.4, -0.2) is 38.9 Å². The summed E-state index contributed by atoms with van der Waals surface area (Å²) in [5, 5.41) is 19.1. The molecule has 6 nitrogen and oxygen atoms in total. The van der Waals surface area contributed by atoms with E-state index in [9.17, 15) is 13.5 Å². The van der Waals surface area contributed by atoms with Gasteiger partial charge in [0, 0.05) is 32.6 Å². The summed E-state index contributed by atoms with van der Waals surface area (Å²) in [7, 11) is -3.71. The Labute approximate surface area is 124 Å². The Hall–Kier alpha value is -1.46. The van der Waals surface area contributed by atoms with Gasteiger partial charge in [0.25, 0.3) is 0 Å². The van der Waals surface area contributed by atoms with Crippen LogP contribution in [0.4, 0.5) is 0 Å². The molecular weight excluding hydrogens is 292 g/mol. The Morgan fingerprint density at radius 2 is 2.10 bits per heavy atom. The third-order valence-corrected chi connectivity index (χ3v) is 5.17. The second kappa shape index (κ2) is 6.12. The van der Waals surface area contributed by atoms with Gasteiger partial charge in [-0.1, -0.05) is 0 Å². The maximum Gasteiger partial charge on any atom is 0.240 e. The van der Waals surface area contributed by atoms with E-state index in [1.807, 2.05) is 6.07 Å². The van der Waals surface area contributed by atoms with Crippen LogP contribution >= 0.6 is 0 Å². The Kier molecular flexibility index (Phi) is 4.64. The molecule has 21 heavy (non-hydrogen) atoms. The minimum atomic E-state index is -3.71. The van der Waals surface area contributed by atoms with Crippen LogP contribution in [0.15, 0.2) is 23.1 Å². The van der Waals surface area contributed by atoms with Gasteiger partial charge in [0.2, 0.25) is 10.0 Å². The SMILES string of the molecule is Cc1cc(C#N)ccc1S(=O)(=O)NCC1(O)CCOCC1. The summed E-state index contributed by atoms with van der Waals surface area (Å²) >= 11 is 0. The predicted molar refractivity (Wildman–Crippen MR) is 76.1 cm³/mol. The molecule has 0 radical (unpaired) electrons. The molecule has 1 aliphatic heterocycles. The first-order valence-corrected chi connectivity index (χ1v) is 8.15. The number of ether oxygens (including phenoxy) is 1. The summed E-state index contributed by atoms with van der Waals surface area (Å²) < 4.78 is 32.2. The van der Waals surface area contributed by atoms with Gasteiger partial charge >= 0.3 is 0 Å². The standard InChI is InChI=1S/C14H18N2O4S/c1-11-8-12(9-15)2-3-13(11)21(18,19)16-10-14(17)4-6-20-7-5-14/h2-3,8,16-17H,4-7,10H2,1H3. The average molecular weight is 310 g/mol. The summed E-state index contributed by atoms with van der Waals surface area (Å²) in [6.07, 6.45) is 0.809. The molecule has 114 valence electrons. The lowest BCUT2D eigenvalue weighted by atomic mass is 9.95. The molecule has 0 unspecified atom stereocenters. The monoisotopic (exact) mass is 310 g/mol. The van der Waals surface area contributed by atoms with Crippen molar-refractivity contribution in [2.45, 2.75) is 30.3 Å². The summed E-state index contributed by atoms with van der Waals surface area (Å²) in [4.78, 5) is 0.122. The Bertz CT molecular complexity index is 658. The van der Waals surface area contributed by atoms with Crippen LogP contribution < -0.4 is 4.72 Å². The van der Waals surface area contributed by atoms with Gasteiger partial charge in [-0.25, -0.2) is 13.1 Å². The maximum atomic E-state index is 12.3. The lowest BCUT2D eigenvalue weighted by Gasteiger charge is -2.32. The van der Waals surface area contributed by atoms with Crippen molar-refractivity contribution in [3.05, 3.63) is 29.3 Å². The van der Waals surface area contributed by atoms with Gasteiger partial charge in [0.1, 0.15) is 0 Å². The molecule has 1 heterocycles. The van der Waals surface area contributed by atoms with Gasteiger partial charge in [0.15, 0.2) is 0 Å². The van der Waals surface area contributed by atoms with E-state index in [4.69, 9.17) is 10.00 Å². The molecular formula is C14H18N2O4S. The van der Waals surface area contributed by atoms with Gasteiger partial charge in [0.05, 0.1) is 22.1 Å². The molecule has 2 rings (SSSR count). The Morgan fingerprint density at radius 1 is 1.43 bits per heavy atom. The first-order chi connectivity index (χ1) is 9.86. The first-order valence-electron chi connectivity index (χ1n) is 6.67. The predicted octanol–water partition coefficient (Wildman–Crippen LogP) is 0.687. The second-order valence-corrected chi connectivity index (χ2v) is 6.99. The van der Waals surface area contributed by atoms with Gasteiger partial charge in [-0.2, -0.15) is 5.26 Å². The zero-order chi connectivity index (χ0) is 15.5. The summed E-state index contributed by atoms with van der Waals surface area (Å²) in [5.74, 6) is 0. The Balaban J connectivity index is 2.13. The van der Waals surface area contributed by atoms with Crippen molar-refractivity contribution in [2.24, 2.45) is 0 Å². The number of benzene rings is 1. The maximum absolute atomic E-state index is 12.3. The molecule has 0 amide bonds. The van der Waals surface area contributed by atoms with E-state index >= 15 is 0 Å². The van der Waals surface area contributed by atoms with E-state index in [2.05, 4.69) is 4.72 Å². The topological polar surface area (TPSA) is 99.4 Å². The molecule has 1 aromatic carbocycles. The van der Waals surface area contributed by atoms with E-state index in [0.717, 1.165) is 0 Å². The van der Waals surface area contributed by atoms with Gasteiger partial charge < -0.3 is 9.84 Å². The highest BCUT2D eigenvalue weighted by Gasteiger charge is 2.31. The molecule has 7 heteroatoms. The summed E-state index contributed by atoms with van der Waals surface area (Å²) in [6, 6.07) is 6.36. The molecule has 0 saturated carbocycles. The van der Waals surface area contributed by atoms with Crippen LogP contribution in [0.1, 0.15) is 24.0 Å². The number of aryl methyl sites for hydroxylation is 1. The fourth-order valence-corrected chi connectivity index (χ4v) is 3.60. The highest BCUT2D eigenvalue weighted by atomic mass is 32.2. The van der Waals surface area contributed by atoms with Crippen LogP contribution in [0.25, 0.3) is 0 Å². The number of hydrogen-bond acceptors (Lipinski definition) is 5. The van der Waals surface area contributed by atoms with E-state index in [1.165, 1.54) is 18.2 Å². The second-order valence-electron chi connectivity index (χ2n) is 5.25. The van der Waals surface area contributed by atoms with Crippen molar-refractivity contribution < 1.29 is 18.3 Å². The highest BCUT2D eigenvalue weighted by Crippen LogP contribution is 2.21. The van der Waals surface area contributed by atoms with Crippen molar-refractivity contribution >= 4 is 10.0 Å². The molecule has 1 saturated heterocycles. The fraction of sp³-hybridized carbons (Fsp3) is 0.500. The normalized spacial score (nSPS) is 18.1. The Morgan fingerprint density at radius 3 is 2.67 bits per heavy atom. The quantitative estimate of drug-likeness (QED) is 0.852. The largest absolute Gasteiger partial charge is 0.388 e. The van der Waals surface area contributed by atoms with Crippen LogP contribution in [0.2, 0.25) is 0 Å². The lowest BCUT2D eigenvalue weighted by Crippen LogP contribution is -2.46. The van der Waals surface area contributed by atoms with E-state index in [1.54, 1.807) is 6.92 Å². The lowest BCUT2D eigenvalue weighted by molar-refractivity contribution is -0.0588. The molecule has 2 N–H and O–H groups in total. The van der Waals surface area contributed by atoms with E-state index in [0.29, 0.717) is 37.2 Å². The van der Waals surface area contributed by atoms with Gasteiger partial charge in [-0.15, -0.1) is 0 Å². The van der Waals surface area contributed by atoms with Gasteiger partial charge in [-0.05, 0) is 30.7 Å². The minimum Gasteiger partial charge on any atom is -0.388 e. The zero-order valence-electron chi connectivity index (χ0n) is 11.8. The minimum absolute atomic E-state index is 0.0435. The number of rotatable bonds is 4. The average Bonchev–Trinajstić information content (AvgIpc) is 2.46. The van der Waals surface area contributed by atoms with Crippen LogP contribution in [0.5, 0.6) is 0 Å².